The molecule has 0 bridgehead atoms. The number of nitrogens with zero attached hydrogens (tertiary/aromatic N) is 5. The Kier molecular flexibility index (Phi) is 5.15. The van der Waals surface area contributed by atoms with Crippen molar-refractivity contribution in [3.8, 4) is 0 Å². The zero-order valence-corrected chi connectivity index (χ0v) is 14.3. The second-order valence-corrected chi connectivity index (χ2v) is 6.49. The Labute approximate surface area is 140 Å². The number of hydrogen-bond acceptors (Lipinski definition) is 5. The molecular formula is C17H21N5S. The molecule has 0 atom stereocenters. The van der Waals surface area contributed by atoms with Gasteiger partial charge in [-0.15, -0.1) is 11.3 Å². The van der Waals surface area contributed by atoms with Crippen LogP contribution < -0.4 is 0 Å². The minimum Gasteiger partial charge on any atom is -0.285 e. The van der Waals surface area contributed by atoms with Gasteiger partial charge in [0.05, 0.1) is 12.2 Å². The standard InChI is InChI=1S/C17H21N5S/c1-3-22-17(19-13-20-22)12-21(10-15-6-4-5-8-18-15)11-16-14(2)7-9-23-16/h4-9,13H,3,10-12H2,1-2H3. The average molecular weight is 327 g/mol. The molecule has 3 heterocycles. The maximum atomic E-state index is 4.46. The van der Waals surface area contributed by atoms with Crippen molar-refractivity contribution in [1.82, 2.24) is 24.6 Å². The van der Waals surface area contributed by atoms with Gasteiger partial charge in [0.25, 0.3) is 0 Å². The average Bonchev–Trinajstić information content (AvgIpc) is 3.17. The number of rotatable bonds is 7. The number of pyridine rings is 1. The lowest BCUT2D eigenvalue weighted by Gasteiger charge is -2.21. The van der Waals surface area contributed by atoms with Crippen molar-refractivity contribution in [1.29, 1.82) is 0 Å². The molecule has 3 aromatic heterocycles. The molecular weight excluding hydrogens is 306 g/mol. The first kappa shape index (κ1) is 15.8. The van der Waals surface area contributed by atoms with Gasteiger partial charge in [-0.25, -0.2) is 9.67 Å². The lowest BCUT2D eigenvalue weighted by Crippen LogP contribution is -2.25. The van der Waals surface area contributed by atoms with E-state index in [0.29, 0.717) is 0 Å². The molecule has 0 saturated carbocycles. The van der Waals surface area contributed by atoms with Crippen LogP contribution in [0.5, 0.6) is 0 Å². The molecule has 0 aliphatic rings. The van der Waals surface area contributed by atoms with Crippen molar-refractivity contribution >= 4 is 11.3 Å². The largest absolute Gasteiger partial charge is 0.285 e. The Bertz CT molecular complexity index is 734. The Morgan fingerprint density at radius 1 is 1.13 bits per heavy atom. The highest BCUT2D eigenvalue weighted by atomic mass is 32.1. The van der Waals surface area contributed by atoms with Crippen LogP contribution in [-0.4, -0.2) is 24.6 Å². The molecule has 5 nitrogen and oxygen atoms in total. The van der Waals surface area contributed by atoms with Crippen molar-refractivity contribution in [2.45, 2.75) is 40.0 Å². The first-order valence-electron chi connectivity index (χ1n) is 7.78. The molecule has 0 saturated heterocycles. The summed E-state index contributed by atoms with van der Waals surface area (Å²) in [5.41, 5.74) is 2.42. The summed E-state index contributed by atoms with van der Waals surface area (Å²) in [6.45, 7) is 7.56. The zero-order valence-electron chi connectivity index (χ0n) is 13.5. The summed E-state index contributed by atoms with van der Waals surface area (Å²) in [5.74, 6) is 0.998. The van der Waals surface area contributed by atoms with Gasteiger partial charge in [0.2, 0.25) is 0 Å². The van der Waals surface area contributed by atoms with E-state index in [0.717, 1.165) is 37.7 Å². The molecule has 0 amide bonds. The smallest absolute Gasteiger partial charge is 0.141 e. The predicted molar refractivity (Wildman–Crippen MR) is 91.9 cm³/mol. The molecule has 0 radical (unpaired) electrons. The number of aromatic nitrogens is 4. The lowest BCUT2D eigenvalue weighted by molar-refractivity contribution is 0.235. The topological polar surface area (TPSA) is 46.8 Å². The van der Waals surface area contributed by atoms with E-state index in [1.54, 1.807) is 17.7 Å². The maximum absolute atomic E-state index is 4.46. The number of thiophene rings is 1. The highest BCUT2D eigenvalue weighted by Gasteiger charge is 2.14. The minimum absolute atomic E-state index is 0.766. The highest BCUT2D eigenvalue weighted by molar-refractivity contribution is 7.10. The third-order valence-electron chi connectivity index (χ3n) is 3.81. The molecule has 0 N–H and O–H groups in total. The van der Waals surface area contributed by atoms with Crippen molar-refractivity contribution < 1.29 is 0 Å². The van der Waals surface area contributed by atoms with Gasteiger partial charge in [0.15, 0.2) is 0 Å². The molecule has 120 valence electrons. The van der Waals surface area contributed by atoms with Crippen LogP contribution in [0.4, 0.5) is 0 Å². The third-order valence-corrected chi connectivity index (χ3v) is 4.82. The fourth-order valence-corrected chi connectivity index (χ4v) is 3.48. The monoisotopic (exact) mass is 327 g/mol. The van der Waals surface area contributed by atoms with Crippen LogP contribution >= 0.6 is 11.3 Å². The summed E-state index contributed by atoms with van der Waals surface area (Å²) in [5, 5.41) is 6.43. The van der Waals surface area contributed by atoms with Gasteiger partial charge < -0.3 is 0 Å². The summed E-state index contributed by atoms with van der Waals surface area (Å²) in [6.07, 6.45) is 3.48. The van der Waals surface area contributed by atoms with E-state index in [1.807, 2.05) is 23.0 Å². The molecule has 6 heteroatoms. The molecule has 0 fully saturated rings. The van der Waals surface area contributed by atoms with E-state index < -0.39 is 0 Å². The summed E-state index contributed by atoms with van der Waals surface area (Å²) in [4.78, 5) is 12.6. The van der Waals surface area contributed by atoms with Crippen LogP contribution in [-0.2, 0) is 26.2 Å². The van der Waals surface area contributed by atoms with E-state index in [1.165, 1.54) is 10.4 Å². The van der Waals surface area contributed by atoms with E-state index in [4.69, 9.17) is 0 Å². The second-order valence-electron chi connectivity index (χ2n) is 5.49. The summed E-state index contributed by atoms with van der Waals surface area (Å²) >= 11 is 1.81. The van der Waals surface area contributed by atoms with Gasteiger partial charge in [-0.2, -0.15) is 5.10 Å². The van der Waals surface area contributed by atoms with E-state index in [9.17, 15) is 0 Å². The lowest BCUT2D eigenvalue weighted by atomic mass is 10.2. The van der Waals surface area contributed by atoms with Crippen LogP contribution in [0.15, 0.2) is 42.2 Å². The van der Waals surface area contributed by atoms with Crippen molar-refractivity contribution in [3.63, 3.8) is 0 Å². The molecule has 0 unspecified atom stereocenters. The van der Waals surface area contributed by atoms with E-state index in [-0.39, 0.29) is 0 Å². The molecule has 0 spiro atoms. The van der Waals surface area contributed by atoms with E-state index >= 15 is 0 Å². The van der Waals surface area contributed by atoms with Crippen LogP contribution in [0.2, 0.25) is 0 Å². The van der Waals surface area contributed by atoms with Crippen molar-refractivity contribution in [2.75, 3.05) is 0 Å². The van der Waals surface area contributed by atoms with E-state index in [2.05, 4.69) is 51.3 Å². The van der Waals surface area contributed by atoms with Crippen LogP contribution in [0, 0.1) is 6.92 Å². The minimum atomic E-state index is 0.766. The Morgan fingerprint density at radius 2 is 2.04 bits per heavy atom. The van der Waals surface area contributed by atoms with Gasteiger partial charge in [-0.3, -0.25) is 9.88 Å². The maximum Gasteiger partial charge on any atom is 0.141 e. The fraction of sp³-hybridized carbons (Fsp3) is 0.353. The summed E-state index contributed by atoms with van der Waals surface area (Å²) in [7, 11) is 0. The summed E-state index contributed by atoms with van der Waals surface area (Å²) in [6, 6.07) is 8.22. The Balaban J connectivity index is 1.79. The predicted octanol–water partition coefficient (Wildman–Crippen LogP) is 3.27. The van der Waals surface area contributed by atoms with Crippen molar-refractivity contribution in [2.24, 2.45) is 0 Å². The molecule has 0 aliphatic carbocycles. The second kappa shape index (κ2) is 7.48. The van der Waals surface area contributed by atoms with Crippen LogP contribution in [0.25, 0.3) is 0 Å². The van der Waals surface area contributed by atoms with Gasteiger partial charge in [0.1, 0.15) is 12.2 Å². The molecule has 0 aliphatic heterocycles. The Morgan fingerprint density at radius 3 is 2.74 bits per heavy atom. The SMILES string of the molecule is CCn1ncnc1CN(Cc1ccccn1)Cc1sccc1C. The van der Waals surface area contributed by atoms with Crippen molar-refractivity contribution in [3.05, 3.63) is 64.1 Å². The van der Waals surface area contributed by atoms with Crippen LogP contribution in [0.3, 0.4) is 0 Å². The zero-order chi connectivity index (χ0) is 16.1. The fourth-order valence-electron chi connectivity index (χ4n) is 2.53. The normalized spacial score (nSPS) is 11.3. The molecule has 3 rings (SSSR count). The van der Waals surface area contributed by atoms with Gasteiger partial charge >= 0.3 is 0 Å². The van der Waals surface area contributed by atoms with Gasteiger partial charge in [0, 0.05) is 30.7 Å². The summed E-state index contributed by atoms with van der Waals surface area (Å²) < 4.78 is 1.95. The molecule has 0 aromatic carbocycles. The number of aryl methyl sites for hydroxylation is 2. The van der Waals surface area contributed by atoms with Gasteiger partial charge in [-0.1, -0.05) is 6.07 Å². The first-order valence-corrected chi connectivity index (χ1v) is 8.66. The van der Waals surface area contributed by atoms with Crippen LogP contribution in [0.1, 0.15) is 28.9 Å². The number of hydrogen-bond donors (Lipinski definition) is 0. The molecule has 23 heavy (non-hydrogen) atoms. The van der Waals surface area contributed by atoms with Gasteiger partial charge in [-0.05, 0) is 43.0 Å². The first-order chi connectivity index (χ1) is 11.3. The molecule has 3 aromatic rings. The third kappa shape index (κ3) is 4.03. The Hall–Kier alpha value is -2.05. The quantitative estimate of drug-likeness (QED) is 0.668. The highest BCUT2D eigenvalue weighted by Crippen LogP contribution is 2.20.